The van der Waals surface area contributed by atoms with Crippen LogP contribution < -0.4 is 0 Å². The van der Waals surface area contributed by atoms with Crippen LogP contribution in [0.1, 0.15) is 40.3 Å². The predicted octanol–water partition coefficient (Wildman–Crippen LogP) is 3.27. The summed E-state index contributed by atoms with van der Waals surface area (Å²) in [4.78, 5) is 15.1. The van der Waals surface area contributed by atoms with Crippen LogP contribution in [0.3, 0.4) is 0 Å². The summed E-state index contributed by atoms with van der Waals surface area (Å²) in [5.74, 6) is 0.0337. The van der Waals surface area contributed by atoms with E-state index in [0.717, 1.165) is 48.5 Å². The van der Waals surface area contributed by atoms with E-state index in [2.05, 4.69) is 39.6 Å². The molecule has 6 heteroatoms. The molecule has 27 heavy (non-hydrogen) atoms. The lowest BCUT2D eigenvalue weighted by molar-refractivity contribution is 0.0730. The topological polar surface area (TPSA) is 66.8 Å². The van der Waals surface area contributed by atoms with Gasteiger partial charge in [0.25, 0.3) is 5.91 Å². The normalized spacial score (nSPS) is 16.9. The Bertz CT molecular complexity index is 956. The summed E-state index contributed by atoms with van der Waals surface area (Å²) in [6.45, 7) is 4.78. The number of hydrogen-bond acceptors (Lipinski definition) is 3. The lowest BCUT2D eigenvalue weighted by atomic mass is 10.0. The highest BCUT2D eigenvalue weighted by molar-refractivity contribution is 5.94. The third-order valence-electron chi connectivity index (χ3n) is 5.53. The van der Waals surface area contributed by atoms with Crippen molar-refractivity contribution in [2.75, 3.05) is 6.54 Å². The number of nitrogens with one attached hydrogen (secondary N) is 1. The molecule has 1 aliphatic rings. The summed E-state index contributed by atoms with van der Waals surface area (Å²) in [6.07, 6.45) is 2.99. The number of rotatable bonds is 4. The second-order valence-electron chi connectivity index (χ2n) is 7.32. The first-order chi connectivity index (χ1) is 13.0. The molecule has 2 aromatic heterocycles. The van der Waals surface area contributed by atoms with E-state index < -0.39 is 0 Å². The van der Waals surface area contributed by atoms with Crippen LogP contribution >= 0.6 is 0 Å². The highest BCUT2D eigenvalue weighted by Gasteiger charge is 2.30. The van der Waals surface area contributed by atoms with Crippen molar-refractivity contribution in [3.63, 3.8) is 0 Å². The van der Waals surface area contributed by atoms with Crippen LogP contribution in [0, 0.1) is 13.8 Å². The maximum Gasteiger partial charge on any atom is 0.272 e. The van der Waals surface area contributed by atoms with Gasteiger partial charge in [-0.2, -0.15) is 10.2 Å². The Kier molecular flexibility index (Phi) is 4.56. The molecule has 1 amide bonds. The minimum absolute atomic E-state index is 0.0337. The van der Waals surface area contributed by atoms with Crippen molar-refractivity contribution < 1.29 is 4.79 Å². The number of benzene rings is 1. The molecule has 1 aliphatic heterocycles. The Morgan fingerprint density at radius 1 is 1.26 bits per heavy atom. The first-order valence-electron chi connectivity index (χ1n) is 9.45. The van der Waals surface area contributed by atoms with E-state index in [1.165, 1.54) is 5.56 Å². The van der Waals surface area contributed by atoms with Crippen molar-refractivity contribution in [3.05, 3.63) is 59.0 Å². The van der Waals surface area contributed by atoms with Crippen LogP contribution in [0.15, 0.2) is 36.4 Å². The van der Waals surface area contributed by atoms with E-state index in [1.54, 1.807) is 0 Å². The number of aryl methyl sites for hydroxylation is 2. The van der Waals surface area contributed by atoms with Crippen molar-refractivity contribution in [2.45, 2.75) is 39.2 Å². The summed E-state index contributed by atoms with van der Waals surface area (Å²) >= 11 is 0. The summed E-state index contributed by atoms with van der Waals surface area (Å²) in [5, 5.41) is 11.8. The largest absolute Gasteiger partial charge is 0.334 e. The minimum Gasteiger partial charge on any atom is -0.334 e. The molecule has 6 nitrogen and oxygen atoms in total. The lowest BCUT2D eigenvalue weighted by Crippen LogP contribution is -2.37. The highest BCUT2D eigenvalue weighted by atomic mass is 16.2. The third kappa shape index (κ3) is 3.27. The smallest absolute Gasteiger partial charge is 0.272 e. The predicted molar refractivity (Wildman–Crippen MR) is 104 cm³/mol. The highest BCUT2D eigenvalue weighted by Crippen LogP contribution is 2.27. The molecule has 1 N–H and O–H groups in total. The fraction of sp³-hybridized carbons (Fsp3) is 0.381. The Labute approximate surface area is 159 Å². The number of aromatic amines is 1. The Morgan fingerprint density at radius 3 is 2.74 bits per heavy atom. The van der Waals surface area contributed by atoms with Crippen LogP contribution in [-0.2, 0) is 13.5 Å². The summed E-state index contributed by atoms with van der Waals surface area (Å²) in [6, 6.07) is 12.5. The van der Waals surface area contributed by atoms with Gasteiger partial charge in [0.1, 0.15) is 5.69 Å². The van der Waals surface area contributed by atoms with Crippen LogP contribution in [0.4, 0.5) is 0 Å². The number of H-pyrrole nitrogens is 1. The number of likely N-dealkylation sites (tertiary alicyclic amines) is 1. The maximum atomic E-state index is 13.1. The zero-order valence-corrected chi connectivity index (χ0v) is 16.1. The molecule has 0 saturated carbocycles. The molecule has 1 aromatic carbocycles. The van der Waals surface area contributed by atoms with E-state index in [4.69, 9.17) is 0 Å². The van der Waals surface area contributed by atoms with Gasteiger partial charge < -0.3 is 4.90 Å². The van der Waals surface area contributed by atoms with Gasteiger partial charge in [0.2, 0.25) is 0 Å². The molecule has 4 rings (SSSR count). The summed E-state index contributed by atoms with van der Waals surface area (Å²) < 4.78 is 1.84. The summed E-state index contributed by atoms with van der Waals surface area (Å²) in [7, 11) is 1.92. The van der Waals surface area contributed by atoms with Crippen molar-refractivity contribution in [2.24, 2.45) is 7.05 Å². The molecule has 1 fully saturated rings. The van der Waals surface area contributed by atoms with E-state index in [0.29, 0.717) is 5.69 Å². The average molecular weight is 363 g/mol. The maximum absolute atomic E-state index is 13.1. The van der Waals surface area contributed by atoms with Gasteiger partial charge in [0.05, 0.1) is 11.4 Å². The van der Waals surface area contributed by atoms with Gasteiger partial charge in [-0.3, -0.25) is 14.6 Å². The fourth-order valence-corrected chi connectivity index (χ4v) is 4.06. The number of aromatic nitrogens is 4. The summed E-state index contributed by atoms with van der Waals surface area (Å²) in [5.41, 5.74) is 5.56. The fourth-order valence-electron chi connectivity index (χ4n) is 4.06. The van der Waals surface area contributed by atoms with Crippen molar-refractivity contribution in [1.29, 1.82) is 0 Å². The van der Waals surface area contributed by atoms with Crippen molar-refractivity contribution in [3.8, 4) is 11.3 Å². The van der Waals surface area contributed by atoms with Gasteiger partial charge in [-0.05, 0) is 44.7 Å². The lowest BCUT2D eigenvalue weighted by Gasteiger charge is -2.24. The molecule has 0 aliphatic carbocycles. The van der Waals surface area contributed by atoms with Crippen molar-refractivity contribution in [1.82, 2.24) is 24.9 Å². The van der Waals surface area contributed by atoms with Crippen LogP contribution in [0.25, 0.3) is 11.3 Å². The van der Waals surface area contributed by atoms with E-state index in [1.807, 2.05) is 42.6 Å². The molecule has 3 heterocycles. The molecule has 0 bridgehead atoms. The SMILES string of the molecule is Cc1nn(C)c(C)c1-c1cc(C(=O)N2CCCC2Cc2ccccc2)[nH]n1. The van der Waals surface area contributed by atoms with Crippen LogP contribution in [0.5, 0.6) is 0 Å². The van der Waals surface area contributed by atoms with Crippen LogP contribution in [-0.4, -0.2) is 43.4 Å². The quantitative estimate of drug-likeness (QED) is 0.774. The van der Waals surface area contributed by atoms with Gasteiger partial charge in [-0.1, -0.05) is 30.3 Å². The van der Waals surface area contributed by atoms with Crippen molar-refractivity contribution >= 4 is 5.91 Å². The number of amides is 1. The van der Waals surface area contributed by atoms with Gasteiger partial charge in [0.15, 0.2) is 0 Å². The molecule has 1 atom stereocenters. The molecular weight excluding hydrogens is 338 g/mol. The average Bonchev–Trinajstić information content (AvgIpc) is 3.36. The molecule has 1 saturated heterocycles. The second kappa shape index (κ2) is 7.02. The zero-order valence-electron chi connectivity index (χ0n) is 16.1. The third-order valence-corrected chi connectivity index (χ3v) is 5.53. The molecule has 0 spiro atoms. The first-order valence-corrected chi connectivity index (χ1v) is 9.45. The standard InChI is InChI=1S/C21H25N5O/c1-14-20(15(2)25(3)24-14)18-13-19(23-22-18)21(27)26-11-7-10-17(26)12-16-8-5-4-6-9-16/h4-6,8-9,13,17H,7,10-12H2,1-3H3,(H,22,23). The Balaban J connectivity index is 1.55. The molecular formula is C21H25N5O. The first kappa shape index (κ1) is 17.5. The second-order valence-corrected chi connectivity index (χ2v) is 7.32. The number of hydrogen-bond donors (Lipinski definition) is 1. The minimum atomic E-state index is 0.0337. The number of carbonyl (C=O) groups excluding carboxylic acids is 1. The van der Waals surface area contributed by atoms with Gasteiger partial charge >= 0.3 is 0 Å². The van der Waals surface area contributed by atoms with Gasteiger partial charge in [-0.15, -0.1) is 0 Å². The van der Waals surface area contributed by atoms with E-state index in [-0.39, 0.29) is 11.9 Å². The van der Waals surface area contributed by atoms with Crippen LogP contribution in [0.2, 0.25) is 0 Å². The monoisotopic (exact) mass is 363 g/mol. The van der Waals surface area contributed by atoms with Gasteiger partial charge in [-0.25, -0.2) is 0 Å². The molecule has 0 radical (unpaired) electrons. The Hall–Kier alpha value is -2.89. The Morgan fingerprint density at radius 2 is 2.04 bits per heavy atom. The number of carbonyl (C=O) groups is 1. The molecule has 140 valence electrons. The van der Waals surface area contributed by atoms with E-state index in [9.17, 15) is 4.79 Å². The zero-order chi connectivity index (χ0) is 19.0. The number of nitrogens with zero attached hydrogens (tertiary/aromatic N) is 4. The molecule has 1 unspecified atom stereocenters. The molecule has 3 aromatic rings. The van der Waals surface area contributed by atoms with Gasteiger partial charge in [0, 0.05) is 30.9 Å². The van der Waals surface area contributed by atoms with E-state index >= 15 is 0 Å².